The second-order valence-corrected chi connectivity index (χ2v) is 10.3. The van der Waals surface area contributed by atoms with Crippen molar-refractivity contribution in [3.63, 3.8) is 0 Å². The summed E-state index contributed by atoms with van der Waals surface area (Å²) >= 11 is 7.58. The van der Waals surface area contributed by atoms with Gasteiger partial charge in [-0.2, -0.15) is 0 Å². The highest BCUT2D eigenvalue weighted by atomic mass is 35.5. The van der Waals surface area contributed by atoms with Crippen molar-refractivity contribution in [3.05, 3.63) is 105 Å². The van der Waals surface area contributed by atoms with Crippen LogP contribution in [0.15, 0.2) is 76.7 Å². The summed E-state index contributed by atoms with van der Waals surface area (Å²) in [6.07, 6.45) is 0.661. The van der Waals surface area contributed by atoms with Crippen molar-refractivity contribution in [1.82, 2.24) is 14.9 Å². The van der Waals surface area contributed by atoms with E-state index in [0.29, 0.717) is 57.8 Å². The van der Waals surface area contributed by atoms with Gasteiger partial charge < -0.3 is 5.32 Å². The zero-order valence-electron chi connectivity index (χ0n) is 20.1. The van der Waals surface area contributed by atoms with Gasteiger partial charge in [0.2, 0.25) is 0 Å². The van der Waals surface area contributed by atoms with Crippen molar-refractivity contribution in [2.45, 2.75) is 37.7 Å². The SMILES string of the molecule is CC(C)CNC(=O)c1ccc2c(=O)n(CCc3ccccc3)c(SCc3ccc(F)cc3Cl)nc2c1. The highest BCUT2D eigenvalue weighted by Crippen LogP contribution is 2.27. The monoisotopic (exact) mass is 523 g/mol. The van der Waals surface area contributed by atoms with E-state index in [9.17, 15) is 14.0 Å². The molecule has 1 amide bonds. The van der Waals surface area contributed by atoms with Crippen molar-refractivity contribution in [1.29, 1.82) is 0 Å². The molecule has 0 saturated carbocycles. The first-order valence-corrected chi connectivity index (χ1v) is 13.1. The summed E-state index contributed by atoms with van der Waals surface area (Å²) in [7, 11) is 0. The lowest BCUT2D eigenvalue weighted by Gasteiger charge is -2.14. The van der Waals surface area contributed by atoms with Crippen LogP contribution < -0.4 is 10.9 Å². The zero-order valence-corrected chi connectivity index (χ0v) is 21.7. The minimum atomic E-state index is -0.402. The van der Waals surface area contributed by atoms with E-state index < -0.39 is 5.82 Å². The second kappa shape index (κ2) is 11.7. The summed E-state index contributed by atoms with van der Waals surface area (Å²) < 4.78 is 15.1. The highest BCUT2D eigenvalue weighted by molar-refractivity contribution is 7.98. The summed E-state index contributed by atoms with van der Waals surface area (Å²) in [5, 5.41) is 4.19. The maximum atomic E-state index is 13.5. The Morgan fingerprint density at radius 1 is 1.11 bits per heavy atom. The van der Waals surface area contributed by atoms with Crippen LogP contribution in [0.4, 0.5) is 4.39 Å². The maximum Gasteiger partial charge on any atom is 0.262 e. The number of hydrogen-bond donors (Lipinski definition) is 1. The van der Waals surface area contributed by atoms with Crippen molar-refractivity contribution >= 4 is 40.2 Å². The summed E-state index contributed by atoms with van der Waals surface area (Å²) in [5.41, 5.74) is 2.60. The molecule has 0 bridgehead atoms. The number of aromatic nitrogens is 2. The average Bonchev–Trinajstić information content (AvgIpc) is 2.86. The van der Waals surface area contributed by atoms with E-state index >= 15 is 0 Å². The smallest absolute Gasteiger partial charge is 0.262 e. The molecule has 3 aromatic carbocycles. The average molecular weight is 524 g/mol. The third kappa shape index (κ3) is 6.33. The second-order valence-electron chi connectivity index (χ2n) is 8.95. The Hall–Kier alpha value is -3.16. The van der Waals surface area contributed by atoms with Crippen molar-refractivity contribution < 1.29 is 9.18 Å². The first-order valence-electron chi connectivity index (χ1n) is 11.8. The number of benzene rings is 3. The topological polar surface area (TPSA) is 64.0 Å². The molecule has 0 unspecified atom stereocenters. The Morgan fingerprint density at radius 3 is 2.61 bits per heavy atom. The van der Waals surface area contributed by atoms with Gasteiger partial charge in [0.25, 0.3) is 11.5 Å². The van der Waals surface area contributed by atoms with Crippen LogP contribution in [-0.4, -0.2) is 22.0 Å². The molecule has 0 saturated heterocycles. The molecule has 0 radical (unpaired) electrons. The van der Waals surface area contributed by atoms with Crippen LogP contribution in [0.5, 0.6) is 0 Å². The molecule has 4 rings (SSSR count). The molecule has 4 aromatic rings. The van der Waals surface area contributed by atoms with Gasteiger partial charge in [-0.3, -0.25) is 14.2 Å². The van der Waals surface area contributed by atoms with E-state index in [2.05, 4.69) is 5.32 Å². The number of amides is 1. The van der Waals surface area contributed by atoms with Crippen LogP contribution in [0.3, 0.4) is 0 Å². The molecule has 0 aliphatic rings. The molecule has 8 heteroatoms. The van der Waals surface area contributed by atoms with Crippen LogP contribution in [0.1, 0.15) is 35.3 Å². The number of halogens is 2. The van der Waals surface area contributed by atoms with Gasteiger partial charge in [-0.1, -0.05) is 73.6 Å². The van der Waals surface area contributed by atoms with Crippen molar-refractivity contribution in [2.24, 2.45) is 5.92 Å². The van der Waals surface area contributed by atoms with E-state index in [4.69, 9.17) is 16.6 Å². The fourth-order valence-electron chi connectivity index (χ4n) is 3.71. The van der Waals surface area contributed by atoms with Gasteiger partial charge in [-0.15, -0.1) is 0 Å². The number of fused-ring (bicyclic) bond motifs is 1. The predicted molar refractivity (Wildman–Crippen MR) is 144 cm³/mol. The molecule has 36 heavy (non-hydrogen) atoms. The largest absolute Gasteiger partial charge is 0.352 e. The third-order valence-corrected chi connectivity index (χ3v) is 7.07. The standard InChI is InChI=1S/C28H27ClFN3O2S/c1-18(2)16-31-26(34)20-9-11-23-25(14-20)32-28(36-17-21-8-10-22(30)15-24(21)29)33(27(23)35)13-12-19-6-4-3-5-7-19/h3-11,14-15,18H,12-13,16-17H2,1-2H3,(H,31,34). The first-order chi connectivity index (χ1) is 17.3. The van der Waals surface area contributed by atoms with Crippen LogP contribution in [0.2, 0.25) is 5.02 Å². The van der Waals surface area contributed by atoms with Gasteiger partial charge in [0, 0.05) is 29.4 Å². The molecule has 0 atom stereocenters. The normalized spacial score (nSPS) is 11.2. The minimum absolute atomic E-state index is 0.169. The van der Waals surface area contributed by atoms with Crippen LogP contribution in [0.25, 0.3) is 10.9 Å². The van der Waals surface area contributed by atoms with Gasteiger partial charge >= 0.3 is 0 Å². The lowest BCUT2D eigenvalue weighted by atomic mass is 10.1. The molecule has 0 aliphatic carbocycles. The number of nitrogens with one attached hydrogen (secondary N) is 1. The molecular weight excluding hydrogens is 497 g/mol. The lowest BCUT2D eigenvalue weighted by Crippen LogP contribution is -2.28. The molecular formula is C28H27ClFN3O2S. The number of hydrogen-bond acceptors (Lipinski definition) is 4. The van der Waals surface area contributed by atoms with Crippen LogP contribution in [-0.2, 0) is 18.7 Å². The predicted octanol–water partition coefficient (Wildman–Crippen LogP) is 6.11. The van der Waals surface area contributed by atoms with E-state index in [1.54, 1.807) is 28.8 Å². The van der Waals surface area contributed by atoms with Gasteiger partial charge in [0.1, 0.15) is 5.82 Å². The Labute approximate surface area is 218 Å². The van der Waals surface area contributed by atoms with Gasteiger partial charge in [0.05, 0.1) is 10.9 Å². The lowest BCUT2D eigenvalue weighted by molar-refractivity contribution is 0.0949. The summed E-state index contributed by atoms with van der Waals surface area (Å²) in [5.74, 6) is 0.135. The van der Waals surface area contributed by atoms with Crippen molar-refractivity contribution in [3.8, 4) is 0 Å². The molecule has 186 valence electrons. The Kier molecular flexibility index (Phi) is 8.44. The molecule has 0 fully saturated rings. The molecule has 1 aromatic heterocycles. The minimum Gasteiger partial charge on any atom is -0.352 e. The number of rotatable bonds is 9. The van der Waals surface area contributed by atoms with E-state index in [1.165, 1.54) is 23.9 Å². The summed E-state index contributed by atoms with van der Waals surface area (Å²) in [6, 6.07) is 19.2. The number of carbonyl (C=O) groups is 1. The van der Waals surface area contributed by atoms with E-state index in [0.717, 1.165) is 11.1 Å². The Morgan fingerprint density at radius 2 is 1.89 bits per heavy atom. The molecule has 1 N–H and O–H groups in total. The van der Waals surface area contributed by atoms with Crippen LogP contribution in [0, 0.1) is 11.7 Å². The van der Waals surface area contributed by atoms with Crippen molar-refractivity contribution in [2.75, 3.05) is 6.54 Å². The fraction of sp³-hybridized carbons (Fsp3) is 0.250. The number of thioether (sulfide) groups is 1. The number of aryl methyl sites for hydroxylation is 1. The first kappa shape index (κ1) is 25.9. The fourth-order valence-corrected chi connectivity index (χ4v) is 5.06. The molecule has 0 aliphatic heterocycles. The van der Waals surface area contributed by atoms with Gasteiger partial charge in [0.15, 0.2) is 5.16 Å². The molecule has 1 heterocycles. The van der Waals surface area contributed by atoms with E-state index in [1.807, 2.05) is 44.2 Å². The Balaban J connectivity index is 1.69. The van der Waals surface area contributed by atoms with E-state index in [-0.39, 0.29) is 11.5 Å². The summed E-state index contributed by atoms with van der Waals surface area (Å²) in [6.45, 7) is 5.06. The third-order valence-electron chi connectivity index (χ3n) is 5.69. The zero-order chi connectivity index (χ0) is 25.7. The van der Waals surface area contributed by atoms with Gasteiger partial charge in [-0.05, 0) is 53.8 Å². The van der Waals surface area contributed by atoms with Gasteiger partial charge in [-0.25, -0.2) is 9.37 Å². The Bertz CT molecular complexity index is 1440. The highest BCUT2D eigenvalue weighted by Gasteiger charge is 2.15. The maximum absolute atomic E-state index is 13.5. The summed E-state index contributed by atoms with van der Waals surface area (Å²) in [4.78, 5) is 30.9. The number of nitrogens with zero attached hydrogens (tertiary/aromatic N) is 2. The van der Waals surface area contributed by atoms with Crippen LogP contribution >= 0.6 is 23.4 Å². The quantitative estimate of drug-likeness (QED) is 0.212. The molecule has 5 nitrogen and oxygen atoms in total. The molecule has 0 spiro atoms. The number of carbonyl (C=O) groups excluding carboxylic acids is 1.